The fourth-order valence-electron chi connectivity index (χ4n) is 1.72. The predicted octanol–water partition coefficient (Wildman–Crippen LogP) is 1.67. The molecule has 17 heavy (non-hydrogen) atoms. The Morgan fingerprint density at radius 1 is 1.41 bits per heavy atom. The van der Waals surface area contributed by atoms with Gasteiger partial charge in [-0.15, -0.1) is 0 Å². The van der Waals surface area contributed by atoms with Gasteiger partial charge in [0.1, 0.15) is 11.8 Å². The number of amides is 1. The first-order chi connectivity index (χ1) is 7.69. The van der Waals surface area contributed by atoms with E-state index in [4.69, 9.17) is 9.84 Å². The van der Waals surface area contributed by atoms with Crippen LogP contribution in [0.2, 0.25) is 0 Å². The summed E-state index contributed by atoms with van der Waals surface area (Å²) in [6.07, 6.45) is -2.15. The lowest BCUT2D eigenvalue weighted by atomic mass is 10.0. The topological polar surface area (TPSA) is 66.8 Å². The third kappa shape index (κ3) is 4.20. The van der Waals surface area contributed by atoms with Gasteiger partial charge in [-0.2, -0.15) is 0 Å². The van der Waals surface area contributed by atoms with Gasteiger partial charge in [0.05, 0.1) is 13.0 Å². The molecule has 6 heteroatoms. The lowest BCUT2D eigenvalue weighted by Crippen LogP contribution is -2.35. The van der Waals surface area contributed by atoms with Crippen LogP contribution in [0.3, 0.4) is 0 Å². The maximum absolute atomic E-state index is 13.5. The fraction of sp³-hybridized carbons (Fsp3) is 0.818. The van der Waals surface area contributed by atoms with Gasteiger partial charge >= 0.3 is 12.1 Å². The Hall–Kier alpha value is -1.33. The van der Waals surface area contributed by atoms with Gasteiger partial charge in [0.2, 0.25) is 0 Å². The Kier molecular flexibility index (Phi) is 3.95. The minimum absolute atomic E-state index is 0.0904. The number of carboxylic acid groups (broad SMARTS) is 1. The first kappa shape index (κ1) is 13.7. The molecule has 1 aliphatic rings. The molecule has 5 nitrogen and oxygen atoms in total. The number of carbonyl (C=O) groups excluding carboxylic acids is 1. The number of alkyl halides is 1. The van der Waals surface area contributed by atoms with Gasteiger partial charge in [0.25, 0.3) is 0 Å². The Morgan fingerprint density at radius 3 is 2.47 bits per heavy atom. The zero-order chi connectivity index (χ0) is 13.2. The van der Waals surface area contributed by atoms with E-state index in [-0.39, 0.29) is 19.5 Å². The van der Waals surface area contributed by atoms with Gasteiger partial charge in [-0.05, 0) is 20.8 Å². The molecule has 1 N–H and O–H groups in total. The normalized spacial score (nSPS) is 24.8. The molecular weight excluding hydrogens is 229 g/mol. The minimum atomic E-state index is -1.29. The SMILES string of the molecule is CC(C)(C)OC(=O)N1C[C@H](CC(=O)O)[C@H](F)C1. The summed E-state index contributed by atoms with van der Waals surface area (Å²) in [5.41, 5.74) is -0.631. The predicted molar refractivity (Wildman–Crippen MR) is 58.4 cm³/mol. The Morgan fingerprint density at radius 2 is 2.00 bits per heavy atom. The van der Waals surface area contributed by atoms with Crippen LogP contribution in [0.1, 0.15) is 27.2 Å². The second kappa shape index (κ2) is 4.89. The third-order valence-electron chi connectivity index (χ3n) is 2.45. The van der Waals surface area contributed by atoms with Crippen molar-refractivity contribution in [2.45, 2.75) is 39.0 Å². The van der Waals surface area contributed by atoms with E-state index in [1.54, 1.807) is 20.8 Å². The Bertz CT molecular complexity index is 313. The molecule has 0 bridgehead atoms. The van der Waals surface area contributed by atoms with Crippen molar-refractivity contribution in [3.8, 4) is 0 Å². The molecule has 0 saturated carbocycles. The quantitative estimate of drug-likeness (QED) is 0.806. The summed E-state index contributed by atoms with van der Waals surface area (Å²) in [7, 11) is 0. The van der Waals surface area contributed by atoms with Crippen LogP contribution < -0.4 is 0 Å². The first-order valence-electron chi connectivity index (χ1n) is 5.53. The number of nitrogens with zero attached hydrogens (tertiary/aromatic N) is 1. The molecule has 1 aliphatic heterocycles. The summed E-state index contributed by atoms with van der Waals surface area (Å²) in [5.74, 6) is -1.69. The molecule has 0 unspecified atom stereocenters. The van der Waals surface area contributed by atoms with Crippen molar-refractivity contribution >= 4 is 12.1 Å². The molecule has 1 amide bonds. The Labute approximate surface area is 99.5 Å². The highest BCUT2D eigenvalue weighted by Gasteiger charge is 2.38. The van der Waals surface area contributed by atoms with Gasteiger partial charge in [0.15, 0.2) is 0 Å². The van der Waals surface area contributed by atoms with Crippen molar-refractivity contribution in [1.29, 1.82) is 0 Å². The molecule has 0 spiro atoms. The maximum Gasteiger partial charge on any atom is 0.410 e. The van der Waals surface area contributed by atoms with Gasteiger partial charge in [-0.1, -0.05) is 0 Å². The second-order valence-corrected chi connectivity index (χ2v) is 5.26. The lowest BCUT2D eigenvalue weighted by molar-refractivity contribution is -0.138. The average Bonchev–Trinajstić information content (AvgIpc) is 2.44. The number of likely N-dealkylation sites (tertiary alicyclic amines) is 1. The van der Waals surface area contributed by atoms with Crippen molar-refractivity contribution in [2.24, 2.45) is 5.92 Å². The maximum atomic E-state index is 13.5. The van der Waals surface area contributed by atoms with E-state index in [0.29, 0.717) is 0 Å². The second-order valence-electron chi connectivity index (χ2n) is 5.26. The van der Waals surface area contributed by atoms with E-state index in [2.05, 4.69) is 0 Å². The van der Waals surface area contributed by atoms with E-state index in [1.807, 2.05) is 0 Å². The van der Waals surface area contributed by atoms with Crippen molar-refractivity contribution in [2.75, 3.05) is 13.1 Å². The highest BCUT2D eigenvalue weighted by atomic mass is 19.1. The first-order valence-corrected chi connectivity index (χ1v) is 5.53. The van der Waals surface area contributed by atoms with Crippen LogP contribution in [0, 0.1) is 5.92 Å². The number of rotatable bonds is 2. The summed E-state index contributed by atoms with van der Waals surface area (Å²) >= 11 is 0. The van der Waals surface area contributed by atoms with Gasteiger partial charge in [-0.25, -0.2) is 9.18 Å². The van der Waals surface area contributed by atoms with Crippen molar-refractivity contribution in [1.82, 2.24) is 4.90 Å². The minimum Gasteiger partial charge on any atom is -0.481 e. The van der Waals surface area contributed by atoms with E-state index >= 15 is 0 Å². The summed E-state index contributed by atoms with van der Waals surface area (Å²) in [4.78, 5) is 23.4. The number of halogens is 1. The van der Waals surface area contributed by atoms with Crippen LogP contribution in [0.15, 0.2) is 0 Å². The monoisotopic (exact) mass is 247 g/mol. The molecule has 1 heterocycles. The van der Waals surface area contributed by atoms with Crippen molar-refractivity contribution < 1.29 is 23.8 Å². The molecule has 98 valence electrons. The van der Waals surface area contributed by atoms with E-state index < -0.39 is 29.8 Å². The van der Waals surface area contributed by atoms with E-state index in [0.717, 1.165) is 0 Å². The summed E-state index contributed by atoms with van der Waals surface area (Å²) in [6.45, 7) is 5.18. The molecule has 0 aromatic carbocycles. The number of aliphatic carboxylic acids is 1. The van der Waals surface area contributed by atoms with Crippen molar-refractivity contribution in [3.05, 3.63) is 0 Å². The van der Waals surface area contributed by atoms with Crippen molar-refractivity contribution in [3.63, 3.8) is 0 Å². The summed E-state index contributed by atoms with van der Waals surface area (Å²) in [5, 5.41) is 8.60. The Balaban J connectivity index is 2.53. The molecule has 2 atom stereocenters. The largest absolute Gasteiger partial charge is 0.481 e. The lowest BCUT2D eigenvalue weighted by Gasteiger charge is -2.24. The molecule has 0 radical (unpaired) electrons. The highest BCUT2D eigenvalue weighted by molar-refractivity contribution is 5.70. The summed E-state index contributed by atoms with van der Waals surface area (Å²) in [6, 6.07) is 0. The van der Waals surface area contributed by atoms with Gasteiger partial charge in [0, 0.05) is 12.5 Å². The zero-order valence-electron chi connectivity index (χ0n) is 10.3. The van der Waals surface area contributed by atoms with Crippen LogP contribution in [0.5, 0.6) is 0 Å². The van der Waals surface area contributed by atoms with Gasteiger partial charge < -0.3 is 14.7 Å². The average molecular weight is 247 g/mol. The summed E-state index contributed by atoms with van der Waals surface area (Å²) < 4.78 is 18.6. The van der Waals surface area contributed by atoms with E-state index in [1.165, 1.54) is 4.90 Å². The molecule has 1 rings (SSSR count). The molecule has 0 aliphatic carbocycles. The van der Waals surface area contributed by atoms with E-state index in [9.17, 15) is 14.0 Å². The smallest absolute Gasteiger partial charge is 0.410 e. The van der Waals surface area contributed by atoms with Crippen LogP contribution in [-0.4, -0.2) is 46.9 Å². The number of carboxylic acids is 1. The molecule has 0 aromatic rings. The zero-order valence-corrected chi connectivity index (χ0v) is 10.3. The number of carbonyl (C=O) groups is 2. The molecule has 1 fully saturated rings. The molecular formula is C11H18FNO4. The van der Waals surface area contributed by atoms with Crippen LogP contribution >= 0.6 is 0 Å². The third-order valence-corrected chi connectivity index (χ3v) is 2.45. The standard InChI is InChI=1S/C11H18FNO4/c1-11(2,3)17-10(16)13-5-7(4-9(14)15)8(12)6-13/h7-8H,4-6H2,1-3H3,(H,14,15)/t7-,8+/m0/s1. The molecule has 1 saturated heterocycles. The molecule has 0 aromatic heterocycles. The number of ether oxygens (including phenoxy) is 1. The van der Waals surface area contributed by atoms with Crippen LogP contribution in [0.4, 0.5) is 9.18 Å². The van der Waals surface area contributed by atoms with Crippen LogP contribution in [-0.2, 0) is 9.53 Å². The number of hydrogen-bond donors (Lipinski definition) is 1. The number of hydrogen-bond acceptors (Lipinski definition) is 3. The highest BCUT2D eigenvalue weighted by Crippen LogP contribution is 2.24. The van der Waals surface area contributed by atoms with Gasteiger partial charge in [-0.3, -0.25) is 4.79 Å². The fourth-order valence-corrected chi connectivity index (χ4v) is 1.72. The van der Waals surface area contributed by atoms with Crippen LogP contribution in [0.25, 0.3) is 0 Å².